The van der Waals surface area contributed by atoms with Gasteiger partial charge >= 0.3 is 5.97 Å². The molecule has 0 saturated heterocycles. The highest BCUT2D eigenvalue weighted by Crippen LogP contribution is 2.17. The lowest BCUT2D eigenvalue weighted by atomic mass is 10.0. The molecule has 1 atom stereocenters. The highest BCUT2D eigenvalue weighted by atomic mass is 16.4. The van der Waals surface area contributed by atoms with E-state index in [-0.39, 0.29) is 12.3 Å². The van der Waals surface area contributed by atoms with E-state index < -0.39 is 12.0 Å². The first kappa shape index (κ1) is 15.2. The Bertz CT molecular complexity index is 415. The van der Waals surface area contributed by atoms with Crippen LogP contribution < -0.4 is 5.32 Å². The molecule has 1 amide bonds. The SMILES string of the molecule is CC(C)CCC(=O)NC(CC(=O)O)c1ccccc1. The fourth-order valence-electron chi connectivity index (χ4n) is 1.80. The monoisotopic (exact) mass is 263 g/mol. The molecular formula is C15H21NO3. The topological polar surface area (TPSA) is 66.4 Å². The molecule has 4 heteroatoms. The predicted molar refractivity (Wildman–Crippen MR) is 73.7 cm³/mol. The van der Waals surface area contributed by atoms with Crippen LogP contribution in [0, 0.1) is 5.92 Å². The lowest BCUT2D eigenvalue weighted by molar-refractivity contribution is -0.137. The van der Waals surface area contributed by atoms with Gasteiger partial charge in [-0.2, -0.15) is 0 Å². The lowest BCUT2D eigenvalue weighted by Crippen LogP contribution is -2.30. The van der Waals surface area contributed by atoms with Crippen molar-refractivity contribution in [1.82, 2.24) is 5.32 Å². The van der Waals surface area contributed by atoms with Gasteiger partial charge in [-0.15, -0.1) is 0 Å². The van der Waals surface area contributed by atoms with E-state index in [9.17, 15) is 9.59 Å². The average molecular weight is 263 g/mol. The first-order valence-electron chi connectivity index (χ1n) is 6.55. The molecule has 1 rings (SSSR count). The summed E-state index contributed by atoms with van der Waals surface area (Å²) in [5, 5.41) is 11.7. The van der Waals surface area contributed by atoms with Crippen LogP contribution >= 0.6 is 0 Å². The average Bonchev–Trinajstić information content (AvgIpc) is 2.36. The minimum atomic E-state index is -0.919. The van der Waals surface area contributed by atoms with Crippen LogP contribution in [0.15, 0.2) is 30.3 Å². The number of rotatable bonds is 7. The number of carbonyl (C=O) groups is 2. The van der Waals surface area contributed by atoms with Crippen molar-refractivity contribution in [2.24, 2.45) is 5.92 Å². The van der Waals surface area contributed by atoms with Gasteiger partial charge in [-0.3, -0.25) is 9.59 Å². The molecule has 0 spiro atoms. The van der Waals surface area contributed by atoms with E-state index in [4.69, 9.17) is 5.11 Å². The third kappa shape index (κ3) is 6.04. The van der Waals surface area contributed by atoms with Gasteiger partial charge in [0.25, 0.3) is 0 Å². The van der Waals surface area contributed by atoms with Gasteiger partial charge in [0.05, 0.1) is 12.5 Å². The molecule has 4 nitrogen and oxygen atoms in total. The molecule has 0 aromatic heterocycles. The zero-order chi connectivity index (χ0) is 14.3. The summed E-state index contributed by atoms with van der Waals surface area (Å²) in [5.74, 6) is -0.554. The van der Waals surface area contributed by atoms with Crippen LogP contribution in [0.2, 0.25) is 0 Å². The second-order valence-corrected chi connectivity index (χ2v) is 5.06. The number of benzene rings is 1. The van der Waals surface area contributed by atoms with Crippen LogP contribution in [0.25, 0.3) is 0 Å². The van der Waals surface area contributed by atoms with Gasteiger partial charge in [0.1, 0.15) is 0 Å². The molecule has 2 N–H and O–H groups in total. The van der Waals surface area contributed by atoms with E-state index in [1.54, 1.807) is 0 Å². The van der Waals surface area contributed by atoms with Crippen LogP contribution in [-0.2, 0) is 9.59 Å². The molecular weight excluding hydrogens is 242 g/mol. The quantitative estimate of drug-likeness (QED) is 0.795. The van der Waals surface area contributed by atoms with Crippen molar-refractivity contribution in [2.45, 2.75) is 39.2 Å². The normalized spacial score (nSPS) is 12.2. The fraction of sp³-hybridized carbons (Fsp3) is 0.467. The van der Waals surface area contributed by atoms with E-state index in [1.165, 1.54) is 0 Å². The number of carboxylic acids is 1. The fourth-order valence-corrected chi connectivity index (χ4v) is 1.80. The number of aliphatic carboxylic acids is 1. The van der Waals surface area contributed by atoms with E-state index in [1.807, 2.05) is 30.3 Å². The Morgan fingerprint density at radius 2 is 1.84 bits per heavy atom. The minimum absolute atomic E-state index is 0.0937. The van der Waals surface area contributed by atoms with Gasteiger partial charge in [-0.25, -0.2) is 0 Å². The van der Waals surface area contributed by atoms with Crippen molar-refractivity contribution in [1.29, 1.82) is 0 Å². The Morgan fingerprint density at radius 1 is 1.21 bits per heavy atom. The number of carbonyl (C=O) groups excluding carboxylic acids is 1. The van der Waals surface area contributed by atoms with Crippen molar-refractivity contribution in [3.63, 3.8) is 0 Å². The van der Waals surface area contributed by atoms with Crippen LogP contribution in [0.5, 0.6) is 0 Å². The Labute approximate surface area is 113 Å². The van der Waals surface area contributed by atoms with Gasteiger partial charge in [0.2, 0.25) is 5.91 Å². The van der Waals surface area contributed by atoms with Crippen molar-refractivity contribution < 1.29 is 14.7 Å². The number of hydrogen-bond acceptors (Lipinski definition) is 2. The summed E-state index contributed by atoms with van der Waals surface area (Å²) in [6.07, 6.45) is 1.14. The summed E-state index contributed by atoms with van der Waals surface area (Å²) in [4.78, 5) is 22.7. The second-order valence-electron chi connectivity index (χ2n) is 5.06. The third-order valence-electron chi connectivity index (χ3n) is 2.86. The van der Waals surface area contributed by atoms with E-state index in [0.717, 1.165) is 12.0 Å². The molecule has 0 aliphatic carbocycles. The smallest absolute Gasteiger partial charge is 0.305 e. The molecule has 1 aromatic carbocycles. The largest absolute Gasteiger partial charge is 0.481 e. The number of hydrogen-bond donors (Lipinski definition) is 2. The Morgan fingerprint density at radius 3 is 2.37 bits per heavy atom. The predicted octanol–water partition coefficient (Wildman–Crippen LogP) is 2.75. The van der Waals surface area contributed by atoms with Crippen molar-refractivity contribution in [3.8, 4) is 0 Å². The second kappa shape index (κ2) is 7.56. The zero-order valence-corrected chi connectivity index (χ0v) is 11.4. The van der Waals surface area contributed by atoms with E-state index in [0.29, 0.717) is 12.3 Å². The van der Waals surface area contributed by atoms with Gasteiger partial charge in [0.15, 0.2) is 0 Å². The molecule has 0 saturated carbocycles. The van der Waals surface area contributed by atoms with E-state index in [2.05, 4.69) is 19.2 Å². The molecule has 19 heavy (non-hydrogen) atoms. The van der Waals surface area contributed by atoms with Crippen molar-refractivity contribution in [3.05, 3.63) is 35.9 Å². The summed E-state index contributed by atoms with van der Waals surface area (Å²) in [5.41, 5.74) is 0.822. The molecule has 0 radical (unpaired) electrons. The molecule has 1 aromatic rings. The first-order chi connectivity index (χ1) is 8.99. The minimum Gasteiger partial charge on any atom is -0.481 e. The standard InChI is InChI=1S/C15H21NO3/c1-11(2)8-9-14(17)16-13(10-15(18)19)12-6-4-3-5-7-12/h3-7,11,13H,8-10H2,1-2H3,(H,16,17)(H,18,19). The van der Waals surface area contributed by atoms with E-state index >= 15 is 0 Å². The molecule has 0 heterocycles. The molecule has 0 fully saturated rings. The highest BCUT2D eigenvalue weighted by molar-refractivity contribution is 5.77. The molecule has 0 aliphatic heterocycles. The Kier molecular flexibility index (Phi) is 6.06. The van der Waals surface area contributed by atoms with Crippen molar-refractivity contribution in [2.75, 3.05) is 0 Å². The maximum atomic E-state index is 11.8. The first-order valence-corrected chi connectivity index (χ1v) is 6.55. The third-order valence-corrected chi connectivity index (χ3v) is 2.86. The molecule has 104 valence electrons. The zero-order valence-electron chi connectivity index (χ0n) is 11.4. The summed E-state index contributed by atoms with van der Waals surface area (Å²) < 4.78 is 0. The molecule has 0 aliphatic rings. The summed E-state index contributed by atoms with van der Waals surface area (Å²) in [7, 11) is 0. The summed E-state index contributed by atoms with van der Waals surface area (Å²) in [6.45, 7) is 4.11. The Balaban J connectivity index is 2.65. The van der Waals surface area contributed by atoms with Gasteiger partial charge < -0.3 is 10.4 Å². The molecule has 0 bridgehead atoms. The number of nitrogens with one attached hydrogen (secondary N) is 1. The van der Waals surface area contributed by atoms with Crippen LogP contribution in [0.4, 0.5) is 0 Å². The van der Waals surface area contributed by atoms with Crippen LogP contribution in [0.3, 0.4) is 0 Å². The van der Waals surface area contributed by atoms with Crippen molar-refractivity contribution >= 4 is 11.9 Å². The Hall–Kier alpha value is -1.84. The van der Waals surface area contributed by atoms with Gasteiger partial charge in [-0.05, 0) is 17.9 Å². The number of carboxylic acid groups (broad SMARTS) is 1. The maximum Gasteiger partial charge on any atom is 0.305 e. The number of amides is 1. The maximum absolute atomic E-state index is 11.8. The highest BCUT2D eigenvalue weighted by Gasteiger charge is 2.17. The molecule has 1 unspecified atom stereocenters. The lowest BCUT2D eigenvalue weighted by Gasteiger charge is -2.17. The summed E-state index contributed by atoms with van der Waals surface area (Å²) >= 11 is 0. The summed E-state index contributed by atoms with van der Waals surface area (Å²) in [6, 6.07) is 8.74. The van der Waals surface area contributed by atoms with Crippen LogP contribution in [-0.4, -0.2) is 17.0 Å². The van der Waals surface area contributed by atoms with Gasteiger partial charge in [0, 0.05) is 6.42 Å². The van der Waals surface area contributed by atoms with Gasteiger partial charge in [-0.1, -0.05) is 44.2 Å². The van der Waals surface area contributed by atoms with Crippen LogP contribution in [0.1, 0.15) is 44.7 Å².